The van der Waals surface area contributed by atoms with Crippen LogP contribution in [0.5, 0.6) is 5.75 Å². The largest absolute Gasteiger partial charge is 0.487 e. The van der Waals surface area contributed by atoms with Crippen LogP contribution in [0.4, 0.5) is 10.2 Å². The van der Waals surface area contributed by atoms with E-state index in [9.17, 15) is 4.39 Å². The van der Waals surface area contributed by atoms with Crippen LogP contribution in [0.15, 0.2) is 60.8 Å². The molecule has 1 aliphatic heterocycles. The fourth-order valence-corrected chi connectivity index (χ4v) is 5.99. The number of benzene rings is 2. The Morgan fingerprint density at radius 1 is 0.975 bits per heavy atom. The summed E-state index contributed by atoms with van der Waals surface area (Å²) in [6, 6.07) is 17.6. The lowest BCUT2D eigenvalue weighted by molar-refractivity contribution is 0.140. The number of rotatable bonds is 8. The number of nitrogens with zero attached hydrogens (tertiary/aromatic N) is 5. The van der Waals surface area contributed by atoms with E-state index in [4.69, 9.17) is 9.84 Å². The molecule has 1 aliphatic carbocycles. The second kappa shape index (κ2) is 11.9. The number of piperazine rings is 1. The van der Waals surface area contributed by atoms with Crippen LogP contribution in [0.1, 0.15) is 49.8 Å². The molecule has 40 heavy (non-hydrogen) atoms. The number of pyridine rings is 1. The summed E-state index contributed by atoms with van der Waals surface area (Å²) in [5, 5.41) is 9.69. The zero-order chi connectivity index (χ0) is 27.5. The van der Waals surface area contributed by atoms with Gasteiger partial charge in [-0.25, -0.2) is 14.1 Å². The van der Waals surface area contributed by atoms with Crippen molar-refractivity contribution in [1.29, 1.82) is 0 Å². The van der Waals surface area contributed by atoms with Crippen LogP contribution in [0, 0.1) is 5.82 Å². The van der Waals surface area contributed by atoms with E-state index in [1.807, 2.05) is 12.3 Å². The molecular weight excluding hydrogens is 503 g/mol. The van der Waals surface area contributed by atoms with E-state index in [0.717, 1.165) is 93.1 Å². The number of fused-ring (bicyclic) bond motifs is 1. The number of hydrogen-bond acceptors (Lipinski definition) is 6. The van der Waals surface area contributed by atoms with E-state index in [1.54, 1.807) is 12.1 Å². The minimum absolute atomic E-state index is 0.0216. The van der Waals surface area contributed by atoms with Crippen LogP contribution in [0.3, 0.4) is 0 Å². The predicted octanol–water partition coefficient (Wildman–Crippen LogP) is 5.84. The van der Waals surface area contributed by atoms with E-state index < -0.39 is 0 Å². The molecule has 0 atom stereocenters. The molecule has 8 heteroatoms. The first kappa shape index (κ1) is 26.7. The molecule has 0 amide bonds. The van der Waals surface area contributed by atoms with Gasteiger partial charge in [-0.05, 0) is 75.5 Å². The first-order valence-corrected chi connectivity index (χ1v) is 14.6. The summed E-state index contributed by atoms with van der Waals surface area (Å²) in [4.78, 5) is 9.58. The van der Waals surface area contributed by atoms with Gasteiger partial charge >= 0.3 is 0 Å². The molecule has 4 aromatic rings. The van der Waals surface area contributed by atoms with Gasteiger partial charge in [0.15, 0.2) is 11.6 Å². The minimum Gasteiger partial charge on any atom is -0.487 e. The monoisotopic (exact) mass is 542 g/mol. The lowest BCUT2D eigenvalue weighted by Crippen LogP contribution is -2.43. The first-order chi connectivity index (χ1) is 19.6. The average molecular weight is 543 g/mol. The summed E-state index contributed by atoms with van der Waals surface area (Å²) in [5.41, 5.74) is 4.51. The van der Waals surface area contributed by atoms with Crippen molar-refractivity contribution >= 4 is 16.7 Å². The molecule has 0 bridgehead atoms. The van der Waals surface area contributed by atoms with Gasteiger partial charge in [0.2, 0.25) is 0 Å². The van der Waals surface area contributed by atoms with Gasteiger partial charge in [-0.2, -0.15) is 5.10 Å². The Morgan fingerprint density at radius 3 is 2.45 bits per heavy atom. The van der Waals surface area contributed by atoms with Crippen LogP contribution in [0.25, 0.3) is 16.6 Å². The Kier molecular flexibility index (Phi) is 7.98. The molecule has 2 aliphatic rings. The number of hydrogen-bond donors (Lipinski definition) is 1. The molecule has 0 spiro atoms. The van der Waals surface area contributed by atoms with Gasteiger partial charge in [-0.1, -0.05) is 24.3 Å². The molecule has 2 fully saturated rings. The van der Waals surface area contributed by atoms with E-state index in [-0.39, 0.29) is 11.9 Å². The molecular formula is C32H39FN6O. The van der Waals surface area contributed by atoms with Gasteiger partial charge in [0.05, 0.1) is 29.2 Å². The molecule has 7 nitrogen and oxygen atoms in total. The quantitative estimate of drug-likeness (QED) is 0.302. The summed E-state index contributed by atoms with van der Waals surface area (Å²) in [7, 11) is 2.19. The zero-order valence-electron chi connectivity index (χ0n) is 23.5. The molecule has 6 rings (SSSR count). The lowest BCUT2D eigenvalue weighted by Gasteiger charge is -2.32. The highest BCUT2D eigenvalue weighted by Crippen LogP contribution is 2.38. The van der Waals surface area contributed by atoms with Crippen molar-refractivity contribution < 1.29 is 9.13 Å². The summed E-state index contributed by atoms with van der Waals surface area (Å²) >= 11 is 0. The average Bonchev–Trinajstić information content (AvgIpc) is 3.35. The Balaban J connectivity index is 1.22. The van der Waals surface area contributed by atoms with Crippen LogP contribution >= 0.6 is 0 Å². The third kappa shape index (κ3) is 5.83. The molecule has 1 saturated carbocycles. The molecule has 0 radical (unpaired) electrons. The maximum atomic E-state index is 14.1. The first-order valence-electron chi connectivity index (χ1n) is 14.6. The fraction of sp³-hybridized carbons (Fsp3) is 0.438. The van der Waals surface area contributed by atoms with Crippen LogP contribution in [-0.4, -0.2) is 70.4 Å². The Bertz CT molecular complexity index is 1420. The van der Waals surface area contributed by atoms with Gasteiger partial charge < -0.3 is 15.0 Å². The van der Waals surface area contributed by atoms with Crippen molar-refractivity contribution in [2.45, 2.75) is 51.2 Å². The topological polar surface area (TPSA) is 58.5 Å². The molecule has 3 heterocycles. The fourth-order valence-electron chi connectivity index (χ4n) is 5.99. The van der Waals surface area contributed by atoms with Crippen molar-refractivity contribution in [1.82, 2.24) is 24.6 Å². The summed E-state index contributed by atoms with van der Waals surface area (Å²) in [6.45, 7) is 8.34. The number of anilines is 1. The van der Waals surface area contributed by atoms with E-state index >= 15 is 0 Å². The van der Waals surface area contributed by atoms with Crippen molar-refractivity contribution in [2.75, 3.05) is 45.1 Å². The third-order valence-corrected chi connectivity index (χ3v) is 8.33. The number of ether oxygens (including phenoxy) is 1. The van der Waals surface area contributed by atoms with Gasteiger partial charge in [-0.3, -0.25) is 4.90 Å². The van der Waals surface area contributed by atoms with Gasteiger partial charge in [-0.15, -0.1) is 0 Å². The summed E-state index contributed by atoms with van der Waals surface area (Å²) in [6.07, 6.45) is 5.61. The van der Waals surface area contributed by atoms with Gasteiger partial charge in [0.1, 0.15) is 5.82 Å². The second-order valence-corrected chi connectivity index (χ2v) is 11.2. The van der Waals surface area contributed by atoms with Crippen molar-refractivity contribution in [3.05, 3.63) is 77.9 Å². The predicted molar refractivity (Wildman–Crippen MR) is 158 cm³/mol. The lowest BCUT2D eigenvalue weighted by atomic mass is 9.84. The third-order valence-electron chi connectivity index (χ3n) is 8.33. The van der Waals surface area contributed by atoms with Crippen molar-refractivity contribution in [3.63, 3.8) is 0 Å². The minimum atomic E-state index is -0.299. The molecule has 210 valence electrons. The van der Waals surface area contributed by atoms with Crippen LogP contribution < -0.4 is 10.1 Å². The van der Waals surface area contributed by atoms with Gasteiger partial charge in [0.25, 0.3) is 0 Å². The van der Waals surface area contributed by atoms with Crippen molar-refractivity contribution in [3.8, 4) is 11.4 Å². The molecule has 1 saturated heterocycles. The number of para-hydroxylation sites is 1. The van der Waals surface area contributed by atoms with E-state index in [0.29, 0.717) is 11.7 Å². The van der Waals surface area contributed by atoms with Crippen LogP contribution in [-0.2, 0) is 6.54 Å². The van der Waals surface area contributed by atoms with E-state index in [1.165, 1.54) is 11.6 Å². The summed E-state index contributed by atoms with van der Waals surface area (Å²) < 4.78 is 22.2. The highest BCUT2D eigenvalue weighted by atomic mass is 19.1. The smallest absolute Gasteiger partial charge is 0.165 e. The van der Waals surface area contributed by atoms with Gasteiger partial charge in [0, 0.05) is 50.6 Å². The zero-order valence-corrected chi connectivity index (χ0v) is 23.5. The second-order valence-electron chi connectivity index (χ2n) is 11.2. The van der Waals surface area contributed by atoms with E-state index in [2.05, 4.69) is 69.1 Å². The number of aromatic nitrogens is 3. The normalized spacial score (nSPS) is 20.6. The summed E-state index contributed by atoms with van der Waals surface area (Å²) in [5.74, 6) is 1.23. The number of likely N-dealkylation sites (N-methyl/N-ethyl adjacent to an activating group) is 1. The van der Waals surface area contributed by atoms with Crippen molar-refractivity contribution in [2.24, 2.45) is 0 Å². The molecule has 0 unspecified atom stereocenters. The maximum Gasteiger partial charge on any atom is 0.165 e. The highest BCUT2D eigenvalue weighted by Gasteiger charge is 2.28. The molecule has 1 N–H and O–H groups in total. The number of nitrogens with one attached hydrogen (secondary N) is 1. The molecule has 2 aromatic heterocycles. The Labute approximate surface area is 236 Å². The number of halogens is 1. The SMILES string of the molecule is CCNc1cc2c(cn1)n(-c1ccc(CN3CCN(C)CC3)cc1)nc2[C@H]1CC[C@@H](Oc2ccccc2F)CC1. The standard InChI is InChI=1S/C32H39FN6O/c1-3-34-31-20-27-29(21-35-31)39(25-12-8-23(9-13-25)22-38-18-16-37(2)17-19-38)36-32(27)24-10-14-26(15-11-24)40-30-7-5-4-6-28(30)33/h4-9,12-13,20-21,24,26H,3,10-11,14-19,22H2,1-2H3,(H,34,35)/t24-,26+. The molecule has 2 aromatic carbocycles. The Morgan fingerprint density at radius 2 is 1.73 bits per heavy atom. The van der Waals surface area contributed by atoms with Crippen LogP contribution in [0.2, 0.25) is 0 Å². The maximum absolute atomic E-state index is 14.1. The Hall–Kier alpha value is -3.49. The highest BCUT2D eigenvalue weighted by molar-refractivity contribution is 5.85.